The van der Waals surface area contributed by atoms with Gasteiger partial charge in [-0.3, -0.25) is 9.59 Å². The summed E-state index contributed by atoms with van der Waals surface area (Å²) in [4.78, 5) is 24.9. The van der Waals surface area contributed by atoms with Crippen LogP contribution in [0.4, 0.5) is 5.69 Å². The molecule has 3 aromatic rings. The van der Waals surface area contributed by atoms with Gasteiger partial charge in [-0.05, 0) is 30.7 Å². The summed E-state index contributed by atoms with van der Waals surface area (Å²) in [5, 5.41) is 2.81. The van der Waals surface area contributed by atoms with Crippen LogP contribution in [0.3, 0.4) is 0 Å². The van der Waals surface area contributed by atoms with Gasteiger partial charge in [0.25, 0.3) is 11.5 Å². The fourth-order valence-electron chi connectivity index (χ4n) is 2.79. The minimum absolute atomic E-state index is 0.170. The molecule has 0 saturated heterocycles. The van der Waals surface area contributed by atoms with Crippen molar-refractivity contribution in [2.75, 3.05) is 19.5 Å². The number of carbonyl (C=O) groups excluding carboxylic acids is 1. The first-order chi connectivity index (χ1) is 13.5. The molecule has 6 heteroatoms. The average Bonchev–Trinajstić information content (AvgIpc) is 2.71. The number of amides is 1. The molecule has 0 saturated carbocycles. The van der Waals surface area contributed by atoms with Crippen LogP contribution >= 0.6 is 0 Å². The van der Waals surface area contributed by atoms with Gasteiger partial charge in [-0.2, -0.15) is 0 Å². The Bertz CT molecular complexity index is 1040. The zero-order valence-corrected chi connectivity index (χ0v) is 16.1. The Morgan fingerprint density at radius 2 is 1.75 bits per heavy atom. The number of aryl methyl sites for hydroxylation is 1. The summed E-state index contributed by atoms with van der Waals surface area (Å²) < 4.78 is 12.0. The molecule has 0 aliphatic heterocycles. The second-order valence-electron chi connectivity index (χ2n) is 6.39. The highest BCUT2D eigenvalue weighted by molar-refractivity contribution is 6.04. The Balaban J connectivity index is 1.85. The summed E-state index contributed by atoms with van der Waals surface area (Å²) in [6, 6.07) is 16.0. The van der Waals surface area contributed by atoms with Crippen LogP contribution in [0.2, 0.25) is 0 Å². The van der Waals surface area contributed by atoms with E-state index in [9.17, 15) is 9.59 Å². The summed E-state index contributed by atoms with van der Waals surface area (Å²) in [5.41, 5.74) is 2.83. The van der Waals surface area contributed by atoms with E-state index in [2.05, 4.69) is 5.32 Å². The van der Waals surface area contributed by atoms with Crippen LogP contribution < -0.4 is 20.3 Å². The van der Waals surface area contributed by atoms with Crippen LogP contribution in [0.25, 0.3) is 0 Å². The number of aromatic nitrogens is 1. The van der Waals surface area contributed by atoms with Gasteiger partial charge in [0.1, 0.15) is 11.5 Å². The molecule has 0 radical (unpaired) electrons. The lowest BCUT2D eigenvalue weighted by Gasteiger charge is -2.13. The van der Waals surface area contributed by atoms with Crippen LogP contribution in [0.1, 0.15) is 21.5 Å². The number of rotatable bonds is 6. The Kier molecular flexibility index (Phi) is 5.79. The molecular weight excluding hydrogens is 356 g/mol. The number of carbonyl (C=O) groups is 1. The van der Waals surface area contributed by atoms with E-state index in [-0.39, 0.29) is 11.5 Å². The minimum Gasteiger partial charge on any atom is -0.497 e. The predicted molar refractivity (Wildman–Crippen MR) is 108 cm³/mol. The fourth-order valence-corrected chi connectivity index (χ4v) is 2.79. The van der Waals surface area contributed by atoms with Gasteiger partial charge in [0.15, 0.2) is 0 Å². The molecule has 0 atom stereocenters. The van der Waals surface area contributed by atoms with Crippen LogP contribution in [-0.4, -0.2) is 24.7 Å². The zero-order chi connectivity index (χ0) is 20.1. The molecule has 0 spiro atoms. The second kappa shape index (κ2) is 8.43. The number of ether oxygens (including phenoxy) is 2. The maximum absolute atomic E-state index is 12.7. The molecule has 1 amide bonds. The van der Waals surface area contributed by atoms with Gasteiger partial charge in [-0.25, -0.2) is 0 Å². The molecule has 0 aliphatic carbocycles. The molecule has 1 heterocycles. The Labute approximate surface area is 163 Å². The molecule has 0 unspecified atom stereocenters. The van der Waals surface area contributed by atoms with E-state index in [1.807, 2.05) is 31.2 Å². The Morgan fingerprint density at radius 3 is 2.43 bits per heavy atom. The van der Waals surface area contributed by atoms with E-state index >= 15 is 0 Å². The van der Waals surface area contributed by atoms with Crippen molar-refractivity contribution in [1.82, 2.24) is 4.57 Å². The van der Waals surface area contributed by atoms with Gasteiger partial charge in [0.05, 0.1) is 32.0 Å². The highest BCUT2D eigenvalue weighted by Gasteiger charge is 2.12. The van der Waals surface area contributed by atoms with Crippen molar-refractivity contribution in [1.29, 1.82) is 0 Å². The van der Waals surface area contributed by atoms with Crippen molar-refractivity contribution in [2.24, 2.45) is 0 Å². The molecular formula is C22H22N2O4. The van der Waals surface area contributed by atoms with E-state index < -0.39 is 0 Å². The van der Waals surface area contributed by atoms with Crippen LogP contribution in [-0.2, 0) is 6.54 Å². The smallest absolute Gasteiger partial charge is 0.257 e. The minimum atomic E-state index is -0.343. The maximum atomic E-state index is 12.7. The van der Waals surface area contributed by atoms with Crippen molar-refractivity contribution in [3.8, 4) is 11.5 Å². The lowest BCUT2D eigenvalue weighted by molar-refractivity contribution is 0.102. The number of hydrogen-bond donors (Lipinski definition) is 1. The van der Waals surface area contributed by atoms with Crippen molar-refractivity contribution < 1.29 is 14.3 Å². The zero-order valence-electron chi connectivity index (χ0n) is 16.1. The van der Waals surface area contributed by atoms with E-state index in [1.165, 1.54) is 23.8 Å². The monoisotopic (exact) mass is 378 g/mol. The Morgan fingerprint density at radius 1 is 1.00 bits per heavy atom. The molecule has 3 rings (SSSR count). The van der Waals surface area contributed by atoms with Crippen molar-refractivity contribution in [3.05, 3.63) is 87.8 Å². The van der Waals surface area contributed by atoms with Crippen molar-refractivity contribution in [2.45, 2.75) is 13.5 Å². The normalized spacial score (nSPS) is 10.4. The third-order valence-electron chi connectivity index (χ3n) is 4.37. The maximum Gasteiger partial charge on any atom is 0.257 e. The molecule has 1 N–H and O–H groups in total. The van der Waals surface area contributed by atoms with Crippen molar-refractivity contribution in [3.63, 3.8) is 0 Å². The van der Waals surface area contributed by atoms with Crippen LogP contribution in [0.5, 0.6) is 11.5 Å². The highest BCUT2D eigenvalue weighted by Crippen LogP contribution is 2.29. The summed E-state index contributed by atoms with van der Waals surface area (Å²) in [6.07, 6.45) is 1.56. The number of anilines is 1. The molecule has 28 heavy (non-hydrogen) atoms. The third kappa shape index (κ3) is 4.40. The standard InChI is InChI=1S/C22H22N2O4/c1-15-4-6-16(7-5-15)13-24-14-17(8-11-21(24)25)22(26)23-19-12-18(27-2)9-10-20(19)28-3/h4-12,14H,13H2,1-3H3,(H,23,26). The second-order valence-corrected chi connectivity index (χ2v) is 6.39. The lowest BCUT2D eigenvalue weighted by Crippen LogP contribution is -2.22. The van der Waals surface area contributed by atoms with Gasteiger partial charge in [0, 0.05) is 18.3 Å². The molecule has 0 fully saturated rings. The Hall–Kier alpha value is -3.54. The quantitative estimate of drug-likeness (QED) is 0.713. The van der Waals surface area contributed by atoms with Gasteiger partial charge in [-0.15, -0.1) is 0 Å². The van der Waals surface area contributed by atoms with Crippen LogP contribution in [0, 0.1) is 6.92 Å². The number of hydrogen-bond acceptors (Lipinski definition) is 4. The summed E-state index contributed by atoms with van der Waals surface area (Å²) in [7, 11) is 3.08. The molecule has 0 aliphatic rings. The van der Waals surface area contributed by atoms with Crippen molar-refractivity contribution >= 4 is 11.6 Å². The fraction of sp³-hybridized carbons (Fsp3) is 0.182. The number of benzene rings is 2. The predicted octanol–water partition coefficient (Wildman–Crippen LogP) is 3.47. The van der Waals surface area contributed by atoms with Gasteiger partial charge >= 0.3 is 0 Å². The first-order valence-corrected chi connectivity index (χ1v) is 8.79. The molecule has 2 aromatic carbocycles. The SMILES string of the molecule is COc1ccc(OC)c(NC(=O)c2ccc(=O)n(Cc3ccc(C)cc3)c2)c1. The number of pyridine rings is 1. The molecule has 144 valence electrons. The number of nitrogens with zero attached hydrogens (tertiary/aromatic N) is 1. The highest BCUT2D eigenvalue weighted by atomic mass is 16.5. The number of methoxy groups -OCH3 is 2. The third-order valence-corrected chi connectivity index (χ3v) is 4.37. The lowest BCUT2D eigenvalue weighted by atomic mass is 10.1. The van der Waals surface area contributed by atoms with Gasteiger partial charge < -0.3 is 19.4 Å². The largest absolute Gasteiger partial charge is 0.497 e. The van der Waals surface area contributed by atoms with E-state index in [1.54, 1.807) is 31.5 Å². The summed E-state index contributed by atoms with van der Waals surface area (Å²) in [5.74, 6) is 0.770. The summed E-state index contributed by atoms with van der Waals surface area (Å²) >= 11 is 0. The van der Waals surface area contributed by atoms with Crippen LogP contribution in [0.15, 0.2) is 65.6 Å². The molecule has 6 nitrogen and oxygen atoms in total. The summed E-state index contributed by atoms with van der Waals surface area (Å²) in [6.45, 7) is 2.40. The van der Waals surface area contributed by atoms with Gasteiger partial charge in [0.2, 0.25) is 0 Å². The first kappa shape index (κ1) is 19.2. The van der Waals surface area contributed by atoms with E-state index in [0.29, 0.717) is 29.3 Å². The first-order valence-electron chi connectivity index (χ1n) is 8.79. The average molecular weight is 378 g/mol. The number of nitrogens with one attached hydrogen (secondary N) is 1. The van der Waals surface area contributed by atoms with E-state index in [0.717, 1.165) is 11.1 Å². The van der Waals surface area contributed by atoms with Gasteiger partial charge in [-0.1, -0.05) is 29.8 Å². The topological polar surface area (TPSA) is 69.6 Å². The molecule has 0 bridgehead atoms. The van der Waals surface area contributed by atoms with E-state index in [4.69, 9.17) is 9.47 Å². The molecule has 1 aromatic heterocycles.